The smallest absolute Gasteiger partial charge is 0.341 e. The van der Waals surface area contributed by atoms with Crippen LogP contribution in [0.3, 0.4) is 0 Å². The molecule has 0 unspecified atom stereocenters. The van der Waals surface area contributed by atoms with Gasteiger partial charge in [-0.3, -0.25) is 0 Å². The molecule has 0 aliphatic heterocycles. The Labute approximate surface area is 174 Å². The van der Waals surface area contributed by atoms with E-state index in [-0.39, 0.29) is 19.8 Å². The number of aryl methyl sites for hydroxylation is 1. The molecule has 30 heavy (non-hydrogen) atoms. The lowest BCUT2D eigenvalue weighted by Gasteiger charge is -2.16. The molecule has 0 saturated heterocycles. The van der Waals surface area contributed by atoms with Crippen molar-refractivity contribution in [3.05, 3.63) is 47.8 Å². The number of anilines is 2. The summed E-state index contributed by atoms with van der Waals surface area (Å²) in [6, 6.07) is 9.02. The molecule has 2 aromatic heterocycles. The van der Waals surface area contributed by atoms with Gasteiger partial charge in [0, 0.05) is 17.3 Å². The quantitative estimate of drug-likeness (QED) is 0.515. The van der Waals surface area contributed by atoms with E-state index in [1.54, 1.807) is 19.1 Å². The molecule has 3 rings (SSSR count). The summed E-state index contributed by atoms with van der Waals surface area (Å²) >= 11 is 0. The number of ether oxygens (including phenoxy) is 3. The van der Waals surface area contributed by atoms with E-state index in [0.717, 1.165) is 11.4 Å². The molecule has 0 aliphatic rings. The Bertz CT molecular complexity index is 1020. The Kier molecular flexibility index (Phi) is 7.03. The number of nitrogens with zero attached hydrogens (tertiary/aromatic N) is 2. The molecule has 0 saturated carbocycles. The van der Waals surface area contributed by atoms with Crippen molar-refractivity contribution >= 4 is 28.4 Å². The maximum Gasteiger partial charge on any atom is 0.341 e. The fraction of sp³-hybridized carbons (Fsp3) is 0.318. The minimum Gasteiger partial charge on any atom is -0.492 e. The zero-order valence-electron chi connectivity index (χ0n) is 17.3. The second-order valence-corrected chi connectivity index (χ2v) is 6.36. The third-order valence-corrected chi connectivity index (χ3v) is 4.28. The highest BCUT2D eigenvalue weighted by atomic mass is 16.5. The van der Waals surface area contributed by atoms with Crippen LogP contribution in [0.1, 0.15) is 29.9 Å². The largest absolute Gasteiger partial charge is 0.492 e. The van der Waals surface area contributed by atoms with Crippen molar-refractivity contribution in [2.75, 3.05) is 31.7 Å². The lowest BCUT2D eigenvalue weighted by Crippen LogP contribution is -2.10. The number of esters is 1. The van der Waals surface area contributed by atoms with Crippen molar-refractivity contribution in [1.29, 1.82) is 0 Å². The fourth-order valence-corrected chi connectivity index (χ4v) is 2.93. The van der Waals surface area contributed by atoms with Gasteiger partial charge in [0.15, 0.2) is 5.65 Å². The molecule has 0 spiro atoms. The van der Waals surface area contributed by atoms with Gasteiger partial charge in [-0.25, -0.2) is 14.8 Å². The summed E-state index contributed by atoms with van der Waals surface area (Å²) in [5.41, 5.74) is 2.79. The third kappa shape index (κ3) is 4.77. The number of pyridine rings is 2. The highest BCUT2D eigenvalue weighted by Gasteiger charge is 2.19. The number of hydrogen-bond donors (Lipinski definition) is 2. The zero-order valence-corrected chi connectivity index (χ0v) is 17.3. The van der Waals surface area contributed by atoms with E-state index < -0.39 is 5.97 Å². The summed E-state index contributed by atoms with van der Waals surface area (Å²) in [6.45, 7) is 6.42. The number of aromatic nitrogens is 2. The number of fused-ring (bicyclic) bond motifs is 1. The molecule has 1 aromatic carbocycles. The van der Waals surface area contributed by atoms with Crippen LogP contribution in [0, 0.1) is 6.92 Å². The minimum atomic E-state index is -0.476. The van der Waals surface area contributed by atoms with E-state index in [9.17, 15) is 4.79 Å². The Morgan fingerprint density at radius 3 is 2.57 bits per heavy atom. The van der Waals surface area contributed by atoms with Crippen LogP contribution in [0.2, 0.25) is 0 Å². The van der Waals surface area contributed by atoms with Crippen LogP contribution < -0.4 is 14.8 Å². The van der Waals surface area contributed by atoms with Crippen molar-refractivity contribution in [2.45, 2.75) is 20.8 Å². The molecule has 2 N–H and O–H groups in total. The van der Waals surface area contributed by atoms with Gasteiger partial charge in [0.2, 0.25) is 0 Å². The number of benzene rings is 1. The van der Waals surface area contributed by atoms with Gasteiger partial charge in [-0.05, 0) is 51.1 Å². The number of rotatable bonds is 9. The van der Waals surface area contributed by atoms with Crippen molar-refractivity contribution in [3.63, 3.8) is 0 Å². The fourth-order valence-electron chi connectivity index (χ4n) is 2.93. The van der Waals surface area contributed by atoms with E-state index in [1.807, 2.05) is 32.0 Å². The first-order valence-electron chi connectivity index (χ1n) is 9.78. The van der Waals surface area contributed by atoms with Gasteiger partial charge in [-0.2, -0.15) is 0 Å². The van der Waals surface area contributed by atoms with Gasteiger partial charge in [-0.15, -0.1) is 0 Å². The van der Waals surface area contributed by atoms with Crippen LogP contribution >= 0.6 is 0 Å². The summed E-state index contributed by atoms with van der Waals surface area (Å²) in [7, 11) is 0. The SMILES string of the molecule is CCOC(=O)c1cnc2nc(C)c(OCC)cc2c1Nc1ccc(OCCO)cc1. The molecule has 2 heterocycles. The highest BCUT2D eigenvalue weighted by molar-refractivity contribution is 6.05. The van der Waals surface area contributed by atoms with E-state index in [2.05, 4.69) is 15.3 Å². The number of nitrogens with one attached hydrogen (secondary N) is 1. The van der Waals surface area contributed by atoms with E-state index in [4.69, 9.17) is 19.3 Å². The predicted molar refractivity (Wildman–Crippen MR) is 114 cm³/mol. The summed E-state index contributed by atoms with van der Waals surface area (Å²) in [5, 5.41) is 12.8. The maximum atomic E-state index is 12.6. The number of aliphatic hydroxyl groups excluding tert-OH is 1. The highest BCUT2D eigenvalue weighted by Crippen LogP contribution is 2.33. The molecule has 8 heteroatoms. The van der Waals surface area contributed by atoms with E-state index in [0.29, 0.717) is 40.4 Å². The van der Waals surface area contributed by atoms with Gasteiger partial charge in [-0.1, -0.05) is 0 Å². The second kappa shape index (κ2) is 9.89. The lowest BCUT2D eigenvalue weighted by molar-refractivity contribution is 0.0527. The van der Waals surface area contributed by atoms with Crippen molar-refractivity contribution in [1.82, 2.24) is 9.97 Å². The van der Waals surface area contributed by atoms with Crippen LogP contribution in [0.4, 0.5) is 11.4 Å². The standard InChI is InChI=1S/C22H25N3O5/c1-4-28-19-12-17-20(25-15-6-8-16(9-7-15)30-11-10-26)18(22(27)29-5-2)13-23-21(17)24-14(19)3/h6-9,12-13,26H,4-5,10-11H2,1-3H3,(H,23,24,25). The average molecular weight is 411 g/mol. The first kappa shape index (κ1) is 21.3. The molecule has 8 nitrogen and oxygen atoms in total. The van der Waals surface area contributed by atoms with Gasteiger partial charge < -0.3 is 24.6 Å². The van der Waals surface area contributed by atoms with Crippen molar-refractivity contribution < 1.29 is 24.1 Å². The van der Waals surface area contributed by atoms with Gasteiger partial charge in [0.05, 0.1) is 31.2 Å². The van der Waals surface area contributed by atoms with Gasteiger partial charge in [0.1, 0.15) is 23.7 Å². The topological polar surface area (TPSA) is 103 Å². The number of hydrogen-bond acceptors (Lipinski definition) is 8. The van der Waals surface area contributed by atoms with E-state index >= 15 is 0 Å². The molecule has 0 aliphatic carbocycles. The van der Waals surface area contributed by atoms with E-state index in [1.165, 1.54) is 6.20 Å². The van der Waals surface area contributed by atoms with Gasteiger partial charge >= 0.3 is 5.97 Å². The number of aliphatic hydroxyl groups is 1. The zero-order chi connectivity index (χ0) is 21.5. The van der Waals surface area contributed by atoms with Crippen molar-refractivity contribution in [2.24, 2.45) is 0 Å². The molecule has 0 radical (unpaired) electrons. The third-order valence-electron chi connectivity index (χ3n) is 4.28. The predicted octanol–water partition coefficient (Wildman–Crippen LogP) is 3.63. The van der Waals surface area contributed by atoms with Crippen LogP contribution in [0.25, 0.3) is 11.0 Å². The first-order chi connectivity index (χ1) is 14.6. The molecular formula is C22H25N3O5. The molecule has 0 fully saturated rings. The second-order valence-electron chi connectivity index (χ2n) is 6.36. The monoisotopic (exact) mass is 411 g/mol. The molecule has 158 valence electrons. The Morgan fingerprint density at radius 1 is 1.13 bits per heavy atom. The molecule has 0 atom stereocenters. The molecule has 0 bridgehead atoms. The Hall–Kier alpha value is -3.39. The lowest BCUT2D eigenvalue weighted by atomic mass is 10.1. The average Bonchev–Trinajstić information content (AvgIpc) is 2.74. The van der Waals surface area contributed by atoms with Crippen molar-refractivity contribution in [3.8, 4) is 11.5 Å². The first-order valence-corrected chi connectivity index (χ1v) is 9.78. The van der Waals surface area contributed by atoms with Gasteiger partial charge in [0.25, 0.3) is 0 Å². The van der Waals surface area contributed by atoms with Crippen LogP contribution in [0.15, 0.2) is 36.5 Å². The van der Waals surface area contributed by atoms with Crippen LogP contribution in [0.5, 0.6) is 11.5 Å². The normalized spacial score (nSPS) is 10.7. The molecule has 0 amide bonds. The summed E-state index contributed by atoms with van der Waals surface area (Å²) in [6.07, 6.45) is 1.47. The number of carbonyl (C=O) groups excluding carboxylic acids is 1. The Morgan fingerprint density at radius 2 is 1.90 bits per heavy atom. The molecule has 3 aromatic rings. The number of carbonyl (C=O) groups is 1. The maximum absolute atomic E-state index is 12.6. The minimum absolute atomic E-state index is 0.0551. The summed E-state index contributed by atoms with van der Waals surface area (Å²) in [5.74, 6) is 0.787. The van der Waals surface area contributed by atoms with Crippen LogP contribution in [-0.4, -0.2) is 47.5 Å². The molecular weight excluding hydrogens is 386 g/mol. The summed E-state index contributed by atoms with van der Waals surface area (Å²) in [4.78, 5) is 21.4. The summed E-state index contributed by atoms with van der Waals surface area (Å²) < 4.78 is 16.3. The Balaban J connectivity index is 2.07. The van der Waals surface area contributed by atoms with Crippen LogP contribution in [-0.2, 0) is 4.74 Å².